The van der Waals surface area contributed by atoms with Gasteiger partial charge in [-0.1, -0.05) is 45.9 Å². The zero-order valence-corrected chi connectivity index (χ0v) is 28.0. The van der Waals surface area contributed by atoms with E-state index in [9.17, 15) is 37.5 Å². The van der Waals surface area contributed by atoms with Crippen LogP contribution < -0.4 is 15.4 Å². The summed E-state index contributed by atoms with van der Waals surface area (Å²) in [6.07, 6.45) is 3.23. The van der Waals surface area contributed by atoms with Crippen LogP contribution in [0.3, 0.4) is 0 Å². The predicted octanol–water partition coefficient (Wildman–Crippen LogP) is 2.34. The predicted molar refractivity (Wildman–Crippen MR) is 172 cm³/mol. The number of aryl methyl sites for hydroxylation is 1. The minimum Gasteiger partial charge on any atom is -0.481 e. The fraction of sp³-hybridized carbons (Fsp3) is 0.606. The van der Waals surface area contributed by atoms with Crippen molar-refractivity contribution in [3.8, 4) is 0 Å². The highest BCUT2D eigenvalue weighted by molar-refractivity contribution is 7.89. The van der Waals surface area contributed by atoms with Crippen molar-refractivity contribution in [3.63, 3.8) is 0 Å². The summed E-state index contributed by atoms with van der Waals surface area (Å²) in [5, 5.41) is 15.8. The zero-order valence-electron chi connectivity index (χ0n) is 27.2. The molecule has 2 aliphatic rings. The number of carboxylic acid groups (broad SMARTS) is 1. The van der Waals surface area contributed by atoms with Gasteiger partial charge in [0.25, 0.3) is 0 Å². The van der Waals surface area contributed by atoms with Crippen molar-refractivity contribution in [2.75, 3.05) is 18.8 Å². The fourth-order valence-electron chi connectivity index (χ4n) is 7.35. The molecule has 0 radical (unpaired) electrons. The summed E-state index contributed by atoms with van der Waals surface area (Å²) in [6.45, 7) is 6.92. The lowest BCUT2D eigenvalue weighted by molar-refractivity contribution is -0.141. The Morgan fingerprint density at radius 2 is 1.80 bits per heavy atom. The van der Waals surface area contributed by atoms with Crippen LogP contribution in [0.4, 0.5) is 0 Å². The smallest absolute Gasteiger partial charge is 0.305 e. The van der Waals surface area contributed by atoms with Crippen LogP contribution in [-0.2, 0) is 47.5 Å². The molecule has 1 aromatic heterocycles. The maximum absolute atomic E-state index is 13.3. The van der Waals surface area contributed by atoms with Crippen LogP contribution in [0.25, 0.3) is 10.9 Å². The number of carbonyl (C=O) groups is 5. The summed E-state index contributed by atoms with van der Waals surface area (Å²) in [5.41, 5.74) is 0.642. The average Bonchev–Trinajstić information content (AvgIpc) is 3.48. The number of nitrogens with one attached hydrogen (secondary N) is 3. The number of benzene rings is 1. The van der Waals surface area contributed by atoms with Crippen LogP contribution in [0.1, 0.15) is 65.4 Å². The van der Waals surface area contributed by atoms with E-state index in [2.05, 4.69) is 15.4 Å². The van der Waals surface area contributed by atoms with E-state index in [4.69, 9.17) is 0 Å². The summed E-state index contributed by atoms with van der Waals surface area (Å²) in [7, 11) is -2.14. The van der Waals surface area contributed by atoms with E-state index in [0.29, 0.717) is 25.8 Å². The Morgan fingerprint density at radius 3 is 2.41 bits per heavy atom. The third-order valence-electron chi connectivity index (χ3n) is 10.4. The SMILES string of the molecule is CC(C)[C@H](CC(=O)NCCc1cn(C)c2ccccc12)C(=O)NC(CC(=O)O)C(=O)CNS(=O)(=O)CC12CCC(CC1=O)C2(C)C. The number of fused-ring (bicyclic) bond motifs is 3. The average molecular weight is 659 g/mol. The van der Waals surface area contributed by atoms with Gasteiger partial charge in [0.05, 0.1) is 24.8 Å². The number of carboxylic acids is 1. The number of amides is 2. The number of carbonyl (C=O) groups excluding carboxylic acids is 4. The van der Waals surface area contributed by atoms with E-state index in [-0.39, 0.29) is 29.9 Å². The quantitative estimate of drug-likeness (QED) is 0.212. The van der Waals surface area contributed by atoms with Crippen molar-refractivity contribution in [1.82, 2.24) is 19.9 Å². The zero-order chi connectivity index (χ0) is 34.0. The van der Waals surface area contributed by atoms with Gasteiger partial charge < -0.3 is 20.3 Å². The lowest BCUT2D eigenvalue weighted by Gasteiger charge is -2.36. The molecule has 0 spiro atoms. The molecule has 4 rings (SSSR count). The molecule has 2 bridgehead atoms. The first kappa shape index (κ1) is 35.3. The lowest BCUT2D eigenvalue weighted by Crippen LogP contribution is -2.51. The Hall–Kier alpha value is -3.58. The van der Waals surface area contributed by atoms with Crippen LogP contribution in [-0.4, -0.2) is 72.3 Å². The molecule has 4 atom stereocenters. The van der Waals surface area contributed by atoms with Gasteiger partial charge in [0, 0.05) is 54.9 Å². The van der Waals surface area contributed by atoms with E-state index in [1.165, 1.54) is 0 Å². The summed E-state index contributed by atoms with van der Waals surface area (Å²) in [5.74, 6) is -4.81. The Morgan fingerprint density at radius 1 is 1.11 bits per heavy atom. The minimum absolute atomic E-state index is 0.0845. The first-order chi connectivity index (χ1) is 21.5. The molecular weight excluding hydrogens is 612 g/mol. The number of rotatable bonds is 16. The molecule has 2 saturated carbocycles. The number of hydrogen-bond acceptors (Lipinski definition) is 7. The van der Waals surface area contributed by atoms with Gasteiger partial charge in [0.1, 0.15) is 5.78 Å². The first-order valence-corrected chi connectivity index (χ1v) is 17.5. The molecule has 3 unspecified atom stereocenters. The van der Waals surface area contributed by atoms with Crippen LogP contribution in [0.15, 0.2) is 30.5 Å². The maximum Gasteiger partial charge on any atom is 0.305 e. The van der Waals surface area contributed by atoms with Crippen molar-refractivity contribution < 1.29 is 37.5 Å². The van der Waals surface area contributed by atoms with Crippen LogP contribution >= 0.6 is 0 Å². The van der Waals surface area contributed by atoms with E-state index < -0.39 is 69.2 Å². The second-order valence-electron chi connectivity index (χ2n) is 13.8. The van der Waals surface area contributed by atoms with Gasteiger partial charge in [-0.2, -0.15) is 0 Å². The Labute approximate surface area is 270 Å². The third kappa shape index (κ3) is 7.35. The van der Waals surface area contributed by atoms with E-state index >= 15 is 0 Å². The first-order valence-electron chi connectivity index (χ1n) is 15.8. The monoisotopic (exact) mass is 658 g/mol. The molecule has 1 heterocycles. The molecule has 0 saturated heterocycles. The molecule has 2 amide bonds. The van der Waals surface area contributed by atoms with Gasteiger partial charge in [-0.05, 0) is 48.1 Å². The number of aromatic nitrogens is 1. The second-order valence-corrected chi connectivity index (χ2v) is 15.6. The normalized spacial score (nSPS) is 21.8. The molecule has 2 fully saturated rings. The van der Waals surface area contributed by atoms with E-state index in [0.717, 1.165) is 22.9 Å². The number of ketones is 2. The van der Waals surface area contributed by atoms with Crippen LogP contribution in [0.5, 0.6) is 0 Å². The highest BCUT2D eigenvalue weighted by atomic mass is 32.2. The van der Waals surface area contributed by atoms with Crippen molar-refractivity contribution in [2.24, 2.45) is 35.6 Å². The van der Waals surface area contributed by atoms with Gasteiger partial charge in [-0.3, -0.25) is 24.0 Å². The number of Topliss-reactive ketones (excluding diaryl/α,β-unsaturated/α-hetero) is 2. The highest BCUT2D eigenvalue weighted by Crippen LogP contribution is 2.64. The molecule has 2 aromatic rings. The van der Waals surface area contributed by atoms with Crippen LogP contribution in [0, 0.1) is 28.6 Å². The minimum atomic E-state index is -4.09. The van der Waals surface area contributed by atoms with Gasteiger partial charge in [-0.15, -0.1) is 0 Å². The van der Waals surface area contributed by atoms with Gasteiger partial charge in [-0.25, -0.2) is 13.1 Å². The van der Waals surface area contributed by atoms with Gasteiger partial charge in [0.15, 0.2) is 5.78 Å². The lowest BCUT2D eigenvalue weighted by atomic mass is 9.70. The van der Waals surface area contributed by atoms with E-state index in [1.807, 2.05) is 55.9 Å². The third-order valence-corrected chi connectivity index (χ3v) is 11.8. The Bertz CT molecular complexity index is 1630. The second kappa shape index (κ2) is 13.6. The molecule has 2 aliphatic carbocycles. The molecule has 0 aliphatic heterocycles. The largest absolute Gasteiger partial charge is 0.481 e. The number of para-hydroxylation sites is 1. The number of sulfonamides is 1. The summed E-state index contributed by atoms with van der Waals surface area (Å²) in [4.78, 5) is 63.6. The molecule has 12 nitrogen and oxygen atoms in total. The summed E-state index contributed by atoms with van der Waals surface area (Å²) >= 11 is 0. The van der Waals surface area contributed by atoms with Gasteiger partial charge >= 0.3 is 5.97 Å². The highest BCUT2D eigenvalue weighted by Gasteiger charge is 2.65. The Balaban J connectivity index is 1.33. The maximum atomic E-state index is 13.3. The molecule has 1 aromatic carbocycles. The van der Waals surface area contributed by atoms with Crippen LogP contribution in [0.2, 0.25) is 0 Å². The molecule has 46 heavy (non-hydrogen) atoms. The fourth-order valence-corrected chi connectivity index (χ4v) is 9.14. The Kier molecular flexibility index (Phi) is 10.5. The molecule has 252 valence electrons. The number of hydrogen-bond donors (Lipinski definition) is 4. The number of aliphatic carboxylic acids is 1. The van der Waals surface area contributed by atoms with E-state index in [1.54, 1.807) is 13.8 Å². The van der Waals surface area contributed by atoms with Crippen molar-refractivity contribution >= 4 is 50.3 Å². The summed E-state index contributed by atoms with van der Waals surface area (Å²) < 4.78 is 30.4. The van der Waals surface area contributed by atoms with Crippen molar-refractivity contribution in [1.29, 1.82) is 0 Å². The summed E-state index contributed by atoms with van der Waals surface area (Å²) in [6, 6.07) is 6.44. The van der Waals surface area contributed by atoms with Crippen molar-refractivity contribution in [2.45, 2.75) is 72.3 Å². The molecular formula is C33H46N4O8S. The topological polar surface area (TPSA) is 181 Å². The molecule has 13 heteroatoms. The van der Waals surface area contributed by atoms with Gasteiger partial charge in [0.2, 0.25) is 21.8 Å². The van der Waals surface area contributed by atoms with Crippen molar-refractivity contribution in [3.05, 3.63) is 36.0 Å². The number of nitrogens with zero attached hydrogens (tertiary/aromatic N) is 1. The standard InChI is InChI=1S/C33H46N4O8S/c1-20(2)24(15-29(40)34-13-11-21-18-37(5)26-9-7-6-8-23(21)26)31(43)36-25(16-30(41)42)27(38)17-35-46(44,45)19-33-12-10-22(14-28(33)39)32(33,3)4/h6-9,18,20,22,24-25,35H,10-17,19H2,1-5H3,(H,34,40)(H,36,43)(H,41,42)/t22?,24-,25?,33?/m0/s1. The molecule has 4 N–H and O–H groups in total.